The molecule has 3 amide bonds. The largest absolute Gasteiger partial charge is 0.381 e. The summed E-state index contributed by atoms with van der Waals surface area (Å²) in [6.07, 6.45) is 5.43. The summed E-state index contributed by atoms with van der Waals surface area (Å²) in [5.74, 6) is 0.645. The molecule has 1 atom stereocenters. The first-order valence-electron chi connectivity index (χ1n) is 9.10. The Bertz CT molecular complexity index is 444. The zero-order chi connectivity index (χ0) is 16.3. The molecule has 0 radical (unpaired) electrons. The van der Waals surface area contributed by atoms with Crippen LogP contribution in [0.15, 0.2) is 0 Å². The van der Waals surface area contributed by atoms with Crippen molar-refractivity contribution in [3.63, 3.8) is 0 Å². The fourth-order valence-corrected chi connectivity index (χ4v) is 4.36. The van der Waals surface area contributed by atoms with E-state index in [9.17, 15) is 9.59 Å². The van der Waals surface area contributed by atoms with Crippen LogP contribution in [0.2, 0.25) is 0 Å². The molecule has 3 aliphatic rings. The highest BCUT2D eigenvalue weighted by molar-refractivity contribution is 6.07. The molecule has 6 nitrogen and oxygen atoms in total. The number of hydrogen-bond donors (Lipinski definition) is 2. The van der Waals surface area contributed by atoms with E-state index in [1.165, 1.54) is 4.90 Å². The molecular formula is C17H29N3O3. The average Bonchev–Trinajstić information content (AvgIpc) is 2.82. The standard InChI is InChI=1S/C17H29N3O3/c1-2-7-17(14-3-8-18-9-4-14)15(21)20(16(22)19-17)12-13-5-10-23-11-6-13/h13-14,18H,2-12H2,1H3,(H,19,22)/t17-/m0/s1. The van der Waals surface area contributed by atoms with Crippen LogP contribution in [0.1, 0.15) is 45.4 Å². The number of urea groups is 1. The maximum atomic E-state index is 13.2. The summed E-state index contributed by atoms with van der Waals surface area (Å²) in [6, 6.07) is -0.187. The van der Waals surface area contributed by atoms with Crippen LogP contribution < -0.4 is 10.6 Å². The van der Waals surface area contributed by atoms with Crippen molar-refractivity contribution < 1.29 is 14.3 Å². The lowest BCUT2D eigenvalue weighted by Crippen LogP contribution is -2.55. The van der Waals surface area contributed by atoms with E-state index < -0.39 is 5.54 Å². The van der Waals surface area contributed by atoms with E-state index in [0.717, 1.165) is 64.8 Å². The molecule has 0 aromatic carbocycles. The van der Waals surface area contributed by atoms with Gasteiger partial charge in [0.15, 0.2) is 0 Å². The number of hydrogen-bond acceptors (Lipinski definition) is 4. The number of carbonyl (C=O) groups excluding carboxylic acids is 2. The second-order valence-corrected chi connectivity index (χ2v) is 7.15. The van der Waals surface area contributed by atoms with Gasteiger partial charge < -0.3 is 15.4 Å². The van der Waals surface area contributed by atoms with Gasteiger partial charge in [-0.2, -0.15) is 0 Å². The van der Waals surface area contributed by atoms with Crippen LogP contribution in [0, 0.1) is 11.8 Å². The molecule has 0 unspecified atom stereocenters. The van der Waals surface area contributed by atoms with E-state index in [0.29, 0.717) is 12.5 Å². The molecule has 3 heterocycles. The molecule has 0 spiro atoms. The average molecular weight is 323 g/mol. The fraction of sp³-hybridized carbons (Fsp3) is 0.882. The minimum atomic E-state index is -0.668. The monoisotopic (exact) mass is 323 g/mol. The number of rotatable bonds is 5. The van der Waals surface area contributed by atoms with Gasteiger partial charge in [0.05, 0.1) is 0 Å². The third-order valence-electron chi connectivity index (χ3n) is 5.66. The Morgan fingerprint density at radius 1 is 1.17 bits per heavy atom. The Hall–Kier alpha value is -1.14. The first kappa shape index (κ1) is 16.7. The van der Waals surface area contributed by atoms with Crippen LogP contribution >= 0.6 is 0 Å². The maximum absolute atomic E-state index is 13.2. The molecule has 0 aromatic rings. The molecule has 0 bridgehead atoms. The smallest absolute Gasteiger partial charge is 0.325 e. The highest BCUT2D eigenvalue weighted by Crippen LogP contribution is 2.36. The first-order chi connectivity index (χ1) is 11.2. The predicted molar refractivity (Wildman–Crippen MR) is 87.0 cm³/mol. The summed E-state index contributed by atoms with van der Waals surface area (Å²) < 4.78 is 5.38. The normalized spacial score (nSPS) is 30.7. The van der Waals surface area contributed by atoms with Crippen molar-refractivity contribution in [1.29, 1.82) is 0 Å². The third-order valence-corrected chi connectivity index (χ3v) is 5.66. The Morgan fingerprint density at radius 3 is 2.52 bits per heavy atom. The van der Waals surface area contributed by atoms with Gasteiger partial charge in [-0.3, -0.25) is 9.69 Å². The number of imide groups is 1. The number of amides is 3. The number of carbonyl (C=O) groups is 2. The second kappa shape index (κ2) is 7.18. The maximum Gasteiger partial charge on any atom is 0.325 e. The molecule has 3 saturated heterocycles. The summed E-state index contributed by atoms with van der Waals surface area (Å²) in [5, 5.41) is 6.45. The van der Waals surface area contributed by atoms with Crippen molar-refractivity contribution in [2.24, 2.45) is 11.8 Å². The predicted octanol–water partition coefficient (Wildman–Crippen LogP) is 1.50. The van der Waals surface area contributed by atoms with Crippen LogP contribution in [0.4, 0.5) is 4.79 Å². The van der Waals surface area contributed by atoms with E-state index in [1.807, 2.05) is 0 Å². The van der Waals surface area contributed by atoms with Crippen molar-refractivity contribution >= 4 is 11.9 Å². The summed E-state index contributed by atoms with van der Waals surface area (Å²) in [7, 11) is 0. The van der Waals surface area contributed by atoms with Crippen LogP contribution in [0.5, 0.6) is 0 Å². The van der Waals surface area contributed by atoms with E-state index >= 15 is 0 Å². The van der Waals surface area contributed by atoms with Gasteiger partial charge in [0.2, 0.25) is 0 Å². The molecule has 3 fully saturated rings. The molecule has 0 saturated carbocycles. The van der Waals surface area contributed by atoms with E-state index in [1.54, 1.807) is 0 Å². The summed E-state index contributed by atoms with van der Waals surface area (Å²) in [4.78, 5) is 27.2. The Morgan fingerprint density at radius 2 is 1.87 bits per heavy atom. The van der Waals surface area contributed by atoms with Crippen LogP contribution in [-0.2, 0) is 9.53 Å². The van der Waals surface area contributed by atoms with Gasteiger partial charge in [-0.15, -0.1) is 0 Å². The van der Waals surface area contributed by atoms with E-state index in [2.05, 4.69) is 17.6 Å². The van der Waals surface area contributed by atoms with Crippen LogP contribution in [-0.4, -0.2) is 55.2 Å². The fourth-order valence-electron chi connectivity index (χ4n) is 4.36. The van der Waals surface area contributed by atoms with Crippen LogP contribution in [0.3, 0.4) is 0 Å². The van der Waals surface area contributed by atoms with Crippen LogP contribution in [0.25, 0.3) is 0 Å². The van der Waals surface area contributed by atoms with E-state index in [4.69, 9.17) is 4.74 Å². The van der Waals surface area contributed by atoms with Crippen molar-refractivity contribution in [3.8, 4) is 0 Å². The zero-order valence-corrected chi connectivity index (χ0v) is 14.1. The molecule has 130 valence electrons. The Kier molecular flexibility index (Phi) is 5.21. The van der Waals surface area contributed by atoms with Crippen molar-refractivity contribution in [3.05, 3.63) is 0 Å². The summed E-state index contributed by atoms with van der Waals surface area (Å²) in [5.41, 5.74) is -0.668. The van der Waals surface area contributed by atoms with Gasteiger partial charge in [0, 0.05) is 19.8 Å². The van der Waals surface area contributed by atoms with Gasteiger partial charge in [0.25, 0.3) is 5.91 Å². The number of nitrogens with zero attached hydrogens (tertiary/aromatic N) is 1. The molecule has 0 aliphatic carbocycles. The molecule has 2 N–H and O–H groups in total. The minimum absolute atomic E-state index is 0.0164. The van der Waals surface area contributed by atoms with Gasteiger partial charge in [-0.05, 0) is 57.0 Å². The van der Waals surface area contributed by atoms with Gasteiger partial charge in [0.1, 0.15) is 5.54 Å². The SMILES string of the molecule is CCC[C@@]1(C2CCNCC2)NC(=O)N(CC2CCOCC2)C1=O. The lowest BCUT2D eigenvalue weighted by Gasteiger charge is -2.38. The van der Waals surface area contributed by atoms with E-state index in [-0.39, 0.29) is 17.9 Å². The molecule has 23 heavy (non-hydrogen) atoms. The van der Waals surface area contributed by atoms with Gasteiger partial charge in [-0.25, -0.2) is 4.79 Å². The summed E-state index contributed by atoms with van der Waals surface area (Å²) in [6.45, 7) is 5.97. The summed E-state index contributed by atoms with van der Waals surface area (Å²) >= 11 is 0. The molecule has 3 aliphatic heterocycles. The van der Waals surface area contributed by atoms with Gasteiger partial charge >= 0.3 is 6.03 Å². The third kappa shape index (κ3) is 3.24. The zero-order valence-electron chi connectivity index (χ0n) is 14.1. The van der Waals surface area contributed by atoms with Gasteiger partial charge in [-0.1, -0.05) is 13.3 Å². The minimum Gasteiger partial charge on any atom is -0.381 e. The topological polar surface area (TPSA) is 70.7 Å². The number of nitrogens with one attached hydrogen (secondary N) is 2. The molecule has 0 aromatic heterocycles. The lowest BCUT2D eigenvalue weighted by atomic mass is 9.75. The quantitative estimate of drug-likeness (QED) is 0.752. The second-order valence-electron chi connectivity index (χ2n) is 7.15. The molecular weight excluding hydrogens is 294 g/mol. The Balaban J connectivity index is 1.75. The Labute approximate surface area is 138 Å². The number of piperidine rings is 1. The number of ether oxygens (including phenoxy) is 1. The molecule has 3 rings (SSSR count). The van der Waals surface area contributed by atoms with Crippen molar-refractivity contribution in [2.75, 3.05) is 32.8 Å². The van der Waals surface area contributed by atoms with Crippen molar-refractivity contribution in [1.82, 2.24) is 15.5 Å². The lowest BCUT2D eigenvalue weighted by molar-refractivity contribution is -0.134. The van der Waals surface area contributed by atoms with Crippen molar-refractivity contribution in [2.45, 2.75) is 51.0 Å². The molecule has 6 heteroatoms. The highest BCUT2D eigenvalue weighted by Gasteiger charge is 2.55. The highest BCUT2D eigenvalue weighted by atomic mass is 16.5. The first-order valence-corrected chi connectivity index (χ1v) is 9.10.